The number of likely N-dealkylation sites (tertiary alicyclic amines) is 1. The molecule has 1 aromatic rings. The van der Waals surface area contributed by atoms with Crippen molar-refractivity contribution >= 4 is 11.9 Å². The van der Waals surface area contributed by atoms with Gasteiger partial charge in [-0.2, -0.15) is 0 Å². The Balaban J connectivity index is 1.77. The zero-order chi connectivity index (χ0) is 17.4. The standard InChI is InChI=1S/C19H26N2O3/c1-20(2)19(15-6-4-3-5-7-15)10-8-18(9-11-19)12-16(22)21(14-18)13-17(23)24/h3-7H,8-14H2,1-2H3,(H,23,24). The van der Waals surface area contributed by atoms with E-state index in [-0.39, 0.29) is 23.4 Å². The molecule has 1 aliphatic heterocycles. The van der Waals surface area contributed by atoms with Gasteiger partial charge in [0.2, 0.25) is 5.91 Å². The molecular formula is C19H26N2O3. The van der Waals surface area contributed by atoms with Crippen LogP contribution >= 0.6 is 0 Å². The van der Waals surface area contributed by atoms with Crippen molar-refractivity contribution in [1.82, 2.24) is 9.80 Å². The predicted molar refractivity (Wildman–Crippen MR) is 91.5 cm³/mol. The Morgan fingerprint density at radius 3 is 2.33 bits per heavy atom. The number of nitrogens with zero attached hydrogens (tertiary/aromatic N) is 2. The minimum absolute atomic E-state index is 0.00513. The molecule has 1 amide bonds. The number of rotatable bonds is 4. The average molecular weight is 330 g/mol. The first kappa shape index (κ1) is 17.0. The van der Waals surface area contributed by atoms with Gasteiger partial charge in [-0.1, -0.05) is 30.3 Å². The van der Waals surface area contributed by atoms with Crippen molar-refractivity contribution in [3.8, 4) is 0 Å². The van der Waals surface area contributed by atoms with Gasteiger partial charge in [-0.05, 0) is 50.8 Å². The number of aliphatic carboxylic acids is 1. The quantitative estimate of drug-likeness (QED) is 0.920. The van der Waals surface area contributed by atoms with Crippen molar-refractivity contribution in [2.75, 3.05) is 27.2 Å². The van der Waals surface area contributed by atoms with Gasteiger partial charge in [0.25, 0.3) is 0 Å². The van der Waals surface area contributed by atoms with Crippen molar-refractivity contribution in [2.24, 2.45) is 5.41 Å². The normalized spacial score (nSPS) is 30.3. The zero-order valence-electron chi connectivity index (χ0n) is 14.5. The highest BCUT2D eigenvalue weighted by molar-refractivity contribution is 5.83. The van der Waals surface area contributed by atoms with Crippen LogP contribution in [0.2, 0.25) is 0 Å². The summed E-state index contributed by atoms with van der Waals surface area (Å²) in [4.78, 5) is 27.0. The summed E-state index contributed by atoms with van der Waals surface area (Å²) in [6.45, 7) is 0.425. The van der Waals surface area contributed by atoms with E-state index in [4.69, 9.17) is 5.11 Å². The minimum atomic E-state index is -0.928. The summed E-state index contributed by atoms with van der Waals surface area (Å²) in [5.74, 6) is -0.933. The summed E-state index contributed by atoms with van der Waals surface area (Å²) in [5.41, 5.74) is 1.30. The van der Waals surface area contributed by atoms with Gasteiger partial charge >= 0.3 is 5.97 Å². The van der Waals surface area contributed by atoms with Crippen LogP contribution in [-0.2, 0) is 15.1 Å². The summed E-state index contributed by atoms with van der Waals surface area (Å²) in [6.07, 6.45) is 4.42. The lowest BCUT2D eigenvalue weighted by Gasteiger charge is -2.48. The van der Waals surface area contributed by atoms with E-state index >= 15 is 0 Å². The molecule has 5 heteroatoms. The van der Waals surface area contributed by atoms with Crippen molar-refractivity contribution in [3.63, 3.8) is 0 Å². The first-order valence-corrected chi connectivity index (χ1v) is 8.60. The first-order valence-electron chi connectivity index (χ1n) is 8.60. The third kappa shape index (κ3) is 2.93. The van der Waals surface area contributed by atoms with Gasteiger partial charge in [-0.25, -0.2) is 0 Å². The largest absolute Gasteiger partial charge is 0.480 e. The molecule has 2 aliphatic rings. The maximum absolute atomic E-state index is 12.2. The molecule has 1 saturated carbocycles. The predicted octanol–water partition coefficient (Wildman–Crippen LogP) is 2.32. The monoisotopic (exact) mass is 330 g/mol. The van der Waals surface area contributed by atoms with E-state index < -0.39 is 5.97 Å². The molecule has 0 bridgehead atoms. The first-order chi connectivity index (χ1) is 11.4. The topological polar surface area (TPSA) is 60.9 Å². The number of hydrogen-bond acceptors (Lipinski definition) is 3. The smallest absolute Gasteiger partial charge is 0.323 e. The van der Waals surface area contributed by atoms with Crippen LogP contribution in [0, 0.1) is 5.41 Å². The Morgan fingerprint density at radius 1 is 1.17 bits per heavy atom. The molecule has 2 fully saturated rings. The van der Waals surface area contributed by atoms with Crippen molar-refractivity contribution in [2.45, 2.75) is 37.6 Å². The number of benzene rings is 1. The fourth-order valence-electron chi connectivity index (χ4n) is 4.56. The Morgan fingerprint density at radius 2 is 1.79 bits per heavy atom. The van der Waals surface area contributed by atoms with E-state index in [0.29, 0.717) is 13.0 Å². The van der Waals surface area contributed by atoms with E-state index in [0.717, 1.165) is 25.7 Å². The van der Waals surface area contributed by atoms with Gasteiger partial charge in [0, 0.05) is 18.5 Å². The molecule has 0 unspecified atom stereocenters. The molecule has 0 radical (unpaired) electrons. The van der Waals surface area contributed by atoms with Crippen LogP contribution < -0.4 is 0 Å². The molecule has 130 valence electrons. The van der Waals surface area contributed by atoms with Crippen LogP contribution in [0.15, 0.2) is 30.3 Å². The average Bonchev–Trinajstić information content (AvgIpc) is 2.84. The number of carbonyl (C=O) groups excluding carboxylic acids is 1. The summed E-state index contributed by atoms with van der Waals surface area (Å²) in [6, 6.07) is 10.6. The second kappa shape index (κ2) is 6.20. The molecule has 1 N–H and O–H groups in total. The van der Waals surface area contributed by atoms with Gasteiger partial charge in [0.15, 0.2) is 0 Å². The number of carbonyl (C=O) groups is 2. The maximum atomic E-state index is 12.2. The SMILES string of the molecule is CN(C)C1(c2ccccc2)CCC2(CC1)CC(=O)N(CC(=O)O)C2. The second-order valence-corrected chi connectivity index (χ2v) is 7.61. The highest BCUT2D eigenvalue weighted by Gasteiger charge is 2.50. The van der Waals surface area contributed by atoms with Crippen LogP contribution in [-0.4, -0.2) is 54.0 Å². The lowest BCUT2D eigenvalue weighted by Crippen LogP contribution is -2.47. The molecular weight excluding hydrogens is 304 g/mol. The second-order valence-electron chi connectivity index (χ2n) is 7.61. The zero-order valence-corrected chi connectivity index (χ0v) is 14.5. The van der Waals surface area contributed by atoms with Gasteiger partial charge in [-0.3, -0.25) is 14.5 Å². The molecule has 1 aliphatic carbocycles. The van der Waals surface area contributed by atoms with Crippen LogP contribution in [0.3, 0.4) is 0 Å². The highest BCUT2D eigenvalue weighted by atomic mass is 16.4. The fourth-order valence-corrected chi connectivity index (χ4v) is 4.56. The third-order valence-corrected chi connectivity index (χ3v) is 6.04. The lowest BCUT2D eigenvalue weighted by molar-refractivity contribution is -0.142. The molecule has 1 spiro atoms. The van der Waals surface area contributed by atoms with Gasteiger partial charge < -0.3 is 10.0 Å². The Hall–Kier alpha value is -1.88. The summed E-state index contributed by atoms with van der Waals surface area (Å²) < 4.78 is 0. The Kier molecular flexibility index (Phi) is 4.38. The summed E-state index contributed by atoms with van der Waals surface area (Å²) in [5, 5.41) is 8.98. The van der Waals surface area contributed by atoms with Crippen molar-refractivity contribution < 1.29 is 14.7 Å². The molecule has 1 heterocycles. The minimum Gasteiger partial charge on any atom is -0.480 e. The number of carboxylic acids is 1. The third-order valence-electron chi connectivity index (χ3n) is 6.04. The van der Waals surface area contributed by atoms with Crippen molar-refractivity contribution in [3.05, 3.63) is 35.9 Å². The highest BCUT2D eigenvalue weighted by Crippen LogP contribution is 2.51. The van der Waals surface area contributed by atoms with Gasteiger partial charge in [0.05, 0.1) is 0 Å². The Labute approximate surface area is 143 Å². The van der Waals surface area contributed by atoms with Crippen LogP contribution in [0.5, 0.6) is 0 Å². The molecule has 24 heavy (non-hydrogen) atoms. The molecule has 0 aromatic heterocycles. The van der Waals surface area contributed by atoms with Crippen LogP contribution in [0.4, 0.5) is 0 Å². The molecule has 0 atom stereocenters. The van der Waals surface area contributed by atoms with E-state index in [1.807, 2.05) is 6.07 Å². The summed E-state index contributed by atoms with van der Waals surface area (Å²) >= 11 is 0. The van der Waals surface area contributed by atoms with Gasteiger partial charge in [-0.15, -0.1) is 0 Å². The fraction of sp³-hybridized carbons (Fsp3) is 0.579. The molecule has 5 nitrogen and oxygen atoms in total. The van der Waals surface area contributed by atoms with E-state index in [1.165, 1.54) is 10.5 Å². The molecule has 3 rings (SSSR count). The van der Waals surface area contributed by atoms with E-state index in [1.54, 1.807) is 0 Å². The number of amides is 1. The van der Waals surface area contributed by atoms with Crippen LogP contribution in [0.1, 0.15) is 37.7 Å². The lowest BCUT2D eigenvalue weighted by atomic mass is 9.64. The van der Waals surface area contributed by atoms with Crippen LogP contribution in [0.25, 0.3) is 0 Å². The van der Waals surface area contributed by atoms with Crippen molar-refractivity contribution in [1.29, 1.82) is 0 Å². The van der Waals surface area contributed by atoms with E-state index in [2.05, 4.69) is 43.3 Å². The molecule has 1 saturated heterocycles. The molecule has 1 aromatic carbocycles. The van der Waals surface area contributed by atoms with E-state index in [9.17, 15) is 9.59 Å². The summed E-state index contributed by atoms with van der Waals surface area (Å²) in [7, 11) is 4.25. The van der Waals surface area contributed by atoms with Gasteiger partial charge in [0.1, 0.15) is 6.54 Å². The maximum Gasteiger partial charge on any atom is 0.323 e. The number of hydrogen-bond donors (Lipinski definition) is 1. The Bertz CT molecular complexity index is 619. The number of carboxylic acid groups (broad SMARTS) is 1.